The Morgan fingerprint density at radius 3 is 2.33 bits per heavy atom. The lowest BCUT2D eigenvalue weighted by Crippen LogP contribution is -2.48. The van der Waals surface area contributed by atoms with Crippen LogP contribution in [0.15, 0.2) is 79.0 Å². The second-order valence-electron chi connectivity index (χ2n) is 9.67. The van der Waals surface area contributed by atoms with Crippen LogP contribution in [0.1, 0.15) is 46.8 Å². The second kappa shape index (κ2) is 13.1. The molecule has 1 atom stereocenters. The van der Waals surface area contributed by atoms with Gasteiger partial charge in [-0.25, -0.2) is 0 Å². The zero-order valence-corrected chi connectivity index (χ0v) is 21.6. The number of hydrogen-bond donors (Lipinski definition) is 1. The Morgan fingerprint density at radius 1 is 0.917 bits per heavy atom. The number of amides is 1. The molecular formula is C31H38N4O. The quantitative estimate of drug-likeness (QED) is 0.326. The smallest absolute Gasteiger partial charge is 0.243 e. The van der Waals surface area contributed by atoms with Crippen molar-refractivity contribution in [1.82, 2.24) is 20.1 Å². The summed E-state index contributed by atoms with van der Waals surface area (Å²) >= 11 is 0. The molecule has 1 unspecified atom stereocenters. The van der Waals surface area contributed by atoms with E-state index in [0.717, 1.165) is 56.8 Å². The summed E-state index contributed by atoms with van der Waals surface area (Å²) in [5, 5.41) is 2.99. The van der Waals surface area contributed by atoms with Crippen LogP contribution < -0.4 is 5.32 Å². The van der Waals surface area contributed by atoms with E-state index in [1.54, 1.807) is 18.3 Å². The fourth-order valence-electron chi connectivity index (χ4n) is 4.72. The van der Waals surface area contributed by atoms with Crippen LogP contribution in [0.5, 0.6) is 0 Å². The number of piperazine rings is 1. The number of aryl methyl sites for hydroxylation is 2. The minimum Gasteiger partial charge on any atom is -0.353 e. The summed E-state index contributed by atoms with van der Waals surface area (Å²) < 4.78 is 0. The number of nitrogens with one attached hydrogen (secondary N) is 1. The van der Waals surface area contributed by atoms with Gasteiger partial charge in [0.15, 0.2) is 0 Å². The Hall–Kier alpha value is -3.28. The van der Waals surface area contributed by atoms with Crippen molar-refractivity contribution >= 4 is 12.0 Å². The van der Waals surface area contributed by atoms with E-state index in [0.29, 0.717) is 12.6 Å². The van der Waals surface area contributed by atoms with Gasteiger partial charge in [0, 0.05) is 50.7 Å². The van der Waals surface area contributed by atoms with Gasteiger partial charge in [0.05, 0.1) is 6.04 Å². The molecule has 1 aliphatic rings. The van der Waals surface area contributed by atoms with Crippen molar-refractivity contribution in [3.63, 3.8) is 0 Å². The lowest BCUT2D eigenvalue weighted by molar-refractivity contribution is -0.116. The van der Waals surface area contributed by atoms with Crippen molar-refractivity contribution in [2.75, 3.05) is 39.3 Å². The summed E-state index contributed by atoms with van der Waals surface area (Å²) in [6, 6.07) is 24.1. The predicted octanol–water partition coefficient (Wildman–Crippen LogP) is 5.02. The average Bonchev–Trinajstić information content (AvgIpc) is 2.91. The lowest BCUT2D eigenvalue weighted by atomic mass is 9.95. The monoisotopic (exact) mass is 482 g/mol. The van der Waals surface area contributed by atoms with Gasteiger partial charge in [-0.2, -0.15) is 0 Å². The van der Waals surface area contributed by atoms with E-state index in [1.165, 1.54) is 16.7 Å². The van der Waals surface area contributed by atoms with Crippen LogP contribution in [0.3, 0.4) is 0 Å². The SMILES string of the molecule is Cc1ccc(C(c2ccccc2)N2CCN(CCCCNC(=O)/C=C/c3ccc(C)nc3)CC2)cc1. The Bertz CT molecular complexity index is 1100. The van der Waals surface area contributed by atoms with Crippen LogP contribution in [-0.2, 0) is 4.79 Å². The first-order valence-corrected chi connectivity index (χ1v) is 13.0. The Morgan fingerprint density at radius 2 is 1.64 bits per heavy atom. The molecule has 1 amide bonds. The van der Waals surface area contributed by atoms with Crippen molar-refractivity contribution in [2.24, 2.45) is 0 Å². The summed E-state index contributed by atoms with van der Waals surface area (Å²) in [6.07, 6.45) is 7.25. The van der Waals surface area contributed by atoms with Gasteiger partial charge in [-0.15, -0.1) is 0 Å². The Labute approximate surface area is 215 Å². The van der Waals surface area contributed by atoms with Gasteiger partial charge in [-0.3, -0.25) is 14.7 Å². The standard InChI is InChI=1S/C31H38N4O/c1-25-10-15-29(16-11-25)31(28-8-4-3-5-9-28)35-22-20-34(21-23-35)19-7-6-18-32-30(36)17-14-27-13-12-26(2)33-24-27/h3-5,8-17,24,31H,6-7,18-23H2,1-2H3,(H,32,36)/b17-14+. The van der Waals surface area contributed by atoms with Crippen molar-refractivity contribution < 1.29 is 4.79 Å². The molecule has 5 heteroatoms. The topological polar surface area (TPSA) is 48.5 Å². The van der Waals surface area contributed by atoms with Crippen molar-refractivity contribution in [3.05, 3.63) is 107 Å². The van der Waals surface area contributed by atoms with E-state index in [-0.39, 0.29) is 5.91 Å². The third-order valence-corrected chi connectivity index (χ3v) is 6.84. The zero-order chi connectivity index (χ0) is 25.2. The van der Waals surface area contributed by atoms with Crippen molar-refractivity contribution in [2.45, 2.75) is 32.7 Å². The fourth-order valence-corrected chi connectivity index (χ4v) is 4.72. The highest BCUT2D eigenvalue weighted by atomic mass is 16.1. The Balaban J connectivity index is 1.19. The van der Waals surface area contributed by atoms with Gasteiger partial charge in [0.1, 0.15) is 0 Å². The largest absolute Gasteiger partial charge is 0.353 e. The maximum atomic E-state index is 12.1. The van der Waals surface area contributed by atoms with Gasteiger partial charge in [-0.1, -0.05) is 66.2 Å². The molecule has 0 aliphatic carbocycles. The number of nitrogens with zero attached hydrogens (tertiary/aromatic N) is 3. The van der Waals surface area contributed by atoms with Gasteiger partial charge in [-0.05, 0) is 62.1 Å². The number of unbranched alkanes of at least 4 members (excludes halogenated alkanes) is 1. The van der Waals surface area contributed by atoms with E-state index in [2.05, 4.69) is 81.6 Å². The molecule has 4 rings (SSSR count). The first-order valence-electron chi connectivity index (χ1n) is 13.0. The molecular weight excluding hydrogens is 444 g/mol. The summed E-state index contributed by atoms with van der Waals surface area (Å²) in [7, 11) is 0. The van der Waals surface area contributed by atoms with Crippen molar-refractivity contribution in [1.29, 1.82) is 0 Å². The third kappa shape index (κ3) is 7.61. The number of carbonyl (C=O) groups excluding carboxylic acids is 1. The molecule has 2 aromatic carbocycles. The van der Waals surface area contributed by atoms with E-state index in [4.69, 9.17) is 0 Å². The average molecular weight is 483 g/mol. The number of carbonyl (C=O) groups is 1. The molecule has 188 valence electrons. The summed E-state index contributed by atoms with van der Waals surface area (Å²) in [4.78, 5) is 21.5. The lowest BCUT2D eigenvalue weighted by Gasteiger charge is -2.40. The Kier molecular flexibility index (Phi) is 9.42. The molecule has 36 heavy (non-hydrogen) atoms. The van der Waals surface area contributed by atoms with E-state index in [9.17, 15) is 4.79 Å². The molecule has 5 nitrogen and oxygen atoms in total. The molecule has 0 saturated carbocycles. The first-order chi connectivity index (χ1) is 17.6. The highest BCUT2D eigenvalue weighted by Gasteiger charge is 2.26. The van der Waals surface area contributed by atoms with E-state index >= 15 is 0 Å². The first kappa shape index (κ1) is 25.8. The van der Waals surface area contributed by atoms with Gasteiger partial charge < -0.3 is 10.2 Å². The normalized spacial score (nSPS) is 15.7. The van der Waals surface area contributed by atoms with Crippen LogP contribution in [0.2, 0.25) is 0 Å². The molecule has 2 heterocycles. The van der Waals surface area contributed by atoms with Crippen LogP contribution in [-0.4, -0.2) is 60.0 Å². The highest BCUT2D eigenvalue weighted by molar-refractivity contribution is 5.91. The van der Waals surface area contributed by atoms with Gasteiger partial charge in [0.2, 0.25) is 5.91 Å². The molecule has 3 aromatic rings. The van der Waals surface area contributed by atoms with E-state index < -0.39 is 0 Å². The molecule has 0 bridgehead atoms. The van der Waals surface area contributed by atoms with Gasteiger partial charge in [0.25, 0.3) is 0 Å². The minimum atomic E-state index is -0.0488. The third-order valence-electron chi connectivity index (χ3n) is 6.84. The number of benzene rings is 2. The zero-order valence-electron chi connectivity index (χ0n) is 21.6. The van der Waals surface area contributed by atoms with Gasteiger partial charge >= 0.3 is 0 Å². The summed E-state index contributed by atoms with van der Waals surface area (Å²) in [6.45, 7) is 10.2. The minimum absolute atomic E-state index is 0.0488. The second-order valence-corrected chi connectivity index (χ2v) is 9.67. The maximum Gasteiger partial charge on any atom is 0.243 e. The van der Waals surface area contributed by atoms with Crippen molar-refractivity contribution in [3.8, 4) is 0 Å². The fraction of sp³-hybridized carbons (Fsp3) is 0.355. The molecule has 1 aliphatic heterocycles. The number of hydrogen-bond acceptors (Lipinski definition) is 4. The molecule has 1 aromatic heterocycles. The van der Waals surface area contributed by atoms with E-state index in [1.807, 2.05) is 19.1 Å². The maximum absolute atomic E-state index is 12.1. The summed E-state index contributed by atoms with van der Waals surface area (Å²) in [5.74, 6) is -0.0488. The van der Waals surface area contributed by atoms with Crippen LogP contribution >= 0.6 is 0 Å². The predicted molar refractivity (Wildman–Crippen MR) is 148 cm³/mol. The van der Waals surface area contributed by atoms with Crippen LogP contribution in [0, 0.1) is 13.8 Å². The molecule has 1 N–H and O–H groups in total. The summed E-state index contributed by atoms with van der Waals surface area (Å²) in [5.41, 5.74) is 5.93. The highest BCUT2D eigenvalue weighted by Crippen LogP contribution is 2.29. The number of aromatic nitrogens is 1. The molecule has 0 radical (unpaired) electrons. The molecule has 0 spiro atoms. The van der Waals surface area contributed by atoms with Crippen LogP contribution in [0.25, 0.3) is 6.08 Å². The molecule has 1 fully saturated rings. The van der Waals surface area contributed by atoms with Crippen LogP contribution in [0.4, 0.5) is 0 Å². The number of pyridine rings is 1. The number of rotatable bonds is 10. The molecule has 1 saturated heterocycles.